The Morgan fingerprint density at radius 2 is 2.30 bits per heavy atom. The highest BCUT2D eigenvalue weighted by Gasteiger charge is 2.12. The molecule has 0 bridgehead atoms. The molecule has 118 valence electrons. The van der Waals surface area contributed by atoms with Crippen molar-refractivity contribution in [2.45, 2.75) is 26.8 Å². The Hall–Kier alpha value is -2.47. The molecular formula is C17H17N3O2S. The summed E-state index contributed by atoms with van der Waals surface area (Å²) in [5.41, 5.74) is 2.53. The normalized spacial score (nSPS) is 12.0. The SMILES string of the molecule is C=CCn1c(=NC(=O)c2cc(C)on2)sc2cc(CC)ccc21. The summed E-state index contributed by atoms with van der Waals surface area (Å²) in [4.78, 5) is 17.1. The number of aromatic nitrogens is 2. The van der Waals surface area contributed by atoms with Gasteiger partial charge >= 0.3 is 5.91 Å². The number of thiazole rings is 1. The molecule has 0 aliphatic heterocycles. The van der Waals surface area contributed by atoms with Crippen LogP contribution in [0.25, 0.3) is 10.2 Å². The largest absolute Gasteiger partial charge is 0.361 e. The van der Waals surface area contributed by atoms with Gasteiger partial charge in [-0.3, -0.25) is 4.79 Å². The quantitative estimate of drug-likeness (QED) is 0.689. The highest BCUT2D eigenvalue weighted by molar-refractivity contribution is 7.16. The van der Waals surface area contributed by atoms with Gasteiger partial charge in [-0.2, -0.15) is 4.99 Å². The second-order valence-corrected chi connectivity index (χ2v) is 6.19. The molecule has 0 radical (unpaired) electrons. The minimum absolute atomic E-state index is 0.222. The fraction of sp³-hybridized carbons (Fsp3) is 0.235. The molecule has 1 aromatic carbocycles. The molecular weight excluding hydrogens is 310 g/mol. The molecule has 0 saturated carbocycles. The summed E-state index contributed by atoms with van der Waals surface area (Å²) in [6.45, 7) is 8.24. The number of rotatable bonds is 4. The van der Waals surface area contributed by atoms with Gasteiger partial charge in [-0.15, -0.1) is 6.58 Å². The fourth-order valence-electron chi connectivity index (χ4n) is 2.34. The number of carbonyl (C=O) groups excluding carboxylic acids is 1. The summed E-state index contributed by atoms with van der Waals surface area (Å²) >= 11 is 1.49. The van der Waals surface area contributed by atoms with E-state index in [0.717, 1.165) is 16.6 Å². The van der Waals surface area contributed by atoms with Gasteiger partial charge in [-0.1, -0.05) is 35.6 Å². The first kappa shape index (κ1) is 15.4. The number of amides is 1. The van der Waals surface area contributed by atoms with Gasteiger partial charge in [0.1, 0.15) is 5.76 Å². The summed E-state index contributed by atoms with van der Waals surface area (Å²) in [5.74, 6) is 0.188. The van der Waals surface area contributed by atoms with Crippen LogP contribution in [0, 0.1) is 6.92 Å². The average Bonchev–Trinajstić information content (AvgIpc) is 3.11. The third-order valence-electron chi connectivity index (χ3n) is 3.51. The molecule has 0 spiro atoms. The number of hydrogen-bond acceptors (Lipinski definition) is 4. The Morgan fingerprint density at radius 3 is 2.96 bits per heavy atom. The Labute approximate surface area is 137 Å². The van der Waals surface area contributed by atoms with E-state index in [1.807, 2.05) is 4.57 Å². The van der Waals surface area contributed by atoms with Gasteiger partial charge in [0.05, 0.1) is 10.2 Å². The zero-order valence-corrected chi connectivity index (χ0v) is 13.9. The third kappa shape index (κ3) is 3.03. The van der Waals surface area contributed by atoms with Crippen LogP contribution in [0.2, 0.25) is 0 Å². The van der Waals surface area contributed by atoms with Crippen LogP contribution in [-0.4, -0.2) is 15.6 Å². The molecule has 2 aromatic heterocycles. The number of allylic oxidation sites excluding steroid dienone is 1. The predicted molar refractivity (Wildman–Crippen MR) is 90.5 cm³/mol. The molecule has 2 heterocycles. The van der Waals surface area contributed by atoms with Crippen LogP contribution in [0.15, 0.2) is 46.4 Å². The molecule has 1 amide bonds. The zero-order valence-electron chi connectivity index (χ0n) is 13.1. The minimum Gasteiger partial charge on any atom is -0.361 e. The van der Waals surface area contributed by atoms with E-state index in [-0.39, 0.29) is 5.69 Å². The van der Waals surface area contributed by atoms with Crippen molar-refractivity contribution in [1.29, 1.82) is 0 Å². The van der Waals surface area contributed by atoms with Crippen LogP contribution in [0.4, 0.5) is 0 Å². The number of fused-ring (bicyclic) bond motifs is 1. The highest BCUT2D eigenvalue weighted by atomic mass is 32.1. The second-order valence-electron chi connectivity index (χ2n) is 5.18. The maximum atomic E-state index is 12.3. The Morgan fingerprint density at radius 1 is 1.48 bits per heavy atom. The van der Waals surface area contributed by atoms with Crippen molar-refractivity contribution in [2.75, 3.05) is 0 Å². The van der Waals surface area contributed by atoms with Crippen LogP contribution in [0.3, 0.4) is 0 Å². The van der Waals surface area contributed by atoms with Crippen molar-refractivity contribution >= 4 is 27.5 Å². The zero-order chi connectivity index (χ0) is 16.4. The van der Waals surface area contributed by atoms with Crippen molar-refractivity contribution < 1.29 is 9.32 Å². The van der Waals surface area contributed by atoms with Gasteiger partial charge in [0.25, 0.3) is 0 Å². The van der Waals surface area contributed by atoms with Gasteiger partial charge in [-0.25, -0.2) is 0 Å². The second kappa shape index (κ2) is 6.34. The molecule has 0 unspecified atom stereocenters. The number of hydrogen-bond donors (Lipinski definition) is 0. The van der Waals surface area contributed by atoms with Crippen LogP contribution in [0.5, 0.6) is 0 Å². The van der Waals surface area contributed by atoms with Crippen LogP contribution in [0.1, 0.15) is 28.7 Å². The van der Waals surface area contributed by atoms with Gasteiger partial charge in [0, 0.05) is 12.6 Å². The van der Waals surface area contributed by atoms with E-state index in [9.17, 15) is 4.79 Å². The first-order valence-corrected chi connectivity index (χ1v) is 8.19. The molecule has 3 aromatic rings. The minimum atomic E-state index is -0.401. The fourth-order valence-corrected chi connectivity index (χ4v) is 3.44. The molecule has 0 saturated heterocycles. The molecule has 0 fully saturated rings. The van der Waals surface area contributed by atoms with Crippen molar-refractivity contribution in [3.63, 3.8) is 0 Å². The topological polar surface area (TPSA) is 60.4 Å². The number of aryl methyl sites for hydroxylation is 2. The summed E-state index contributed by atoms with van der Waals surface area (Å²) in [7, 11) is 0. The van der Waals surface area contributed by atoms with Gasteiger partial charge in [0.15, 0.2) is 10.5 Å². The van der Waals surface area contributed by atoms with Crippen LogP contribution >= 0.6 is 11.3 Å². The lowest BCUT2D eigenvalue weighted by atomic mass is 10.2. The molecule has 0 aliphatic rings. The predicted octanol–water partition coefficient (Wildman–Crippen LogP) is 3.49. The smallest absolute Gasteiger partial charge is 0.301 e. The van der Waals surface area contributed by atoms with Crippen molar-refractivity contribution in [3.05, 3.63) is 58.7 Å². The third-order valence-corrected chi connectivity index (χ3v) is 4.55. The van der Waals surface area contributed by atoms with Gasteiger partial charge in [-0.05, 0) is 31.0 Å². The molecule has 3 rings (SSSR count). The van der Waals surface area contributed by atoms with E-state index in [2.05, 4.69) is 41.9 Å². The Kier molecular flexibility index (Phi) is 4.25. The van der Waals surface area contributed by atoms with E-state index in [1.54, 1.807) is 19.1 Å². The molecule has 23 heavy (non-hydrogen) atoms. The molecule has 5 nitrogen and oxygen atoms in total. The Balaban J connectivity index is 2.15. The first-order valence-electron chi connectivity index (χ1n) is 7.38. The van der Waals surface area contributed by atoms with E-state index in [1.165, 1.54) is 16.9 Å². The van der Waals surface area contributed by atoms with Gasteiger partial charge in [0.2, 0.25) is 0 Å². The summed E-state index contributed by atoms with van der Waals surface area (Å²) in [5, 5.41) is 3.73. The monoisotopic (exact) mass is 327 g/mol. The Bertz CT molecular complexity index is 946. The highest BCUT2D eigenvalue weighted by Crippen LogP contribution is 2.20. The van der Waals surface area contributed by atoms with E-state index in [0.29, 0.717) is 17.1 Å². The summed E-state index contributed by atoms with van der Waals surface area (Å²) < 4.78 is 8.03. The number of carbonyl (C=O) groups is 1. The van der Waals surface area contributed by atoms with Crippen molar-refractivity contribution in [3.8, 4) is 0 Å². The van der Waals surface area contributed by atoms with E-state index in [4.69, 9.17) is 4.52 Å². The molecule has 0 N–H and O–H groups in total. The summed E-state index contributed by atoms with van der Waals surface area (Å²) in [6, 6.07) is 7.90. The van der Waals surface area contributed by atoms with Gasteiger partial charge < -0.3 is 9.09 Å². The number of benzene rings is 1. The maximum absolute atomic E-state index is 12.3. The van der Waals surface area contributed by atoms with E-state index >= 15 is 0 Å². The lowest BCUT2D eigenvalue weighted by Gasteiger charge is -2.01. The van der Waals surface area contributed by atoms with E-state index < -0.39 is 5.91 Å². The van der Waals surface area contributed by atoms with Crippen LogP contribution in [-0.2, 0) is 13.0 Å². The molecule has 0 atom stereocenters. The molecule has 6 heteroatoms. The molecule has 0 aliphatic carbocycles. The number of nitrogens with zero attached hydrogens (tertiary/aromatic N) is 3. The lowest BCUT2D eigenvalue weighted by Crippen LogP contribution is -2.16. The lowest BCUT2D eigenvalue weighted by molar-refractivity contribution is 0.0989. The van der Waals surface area contributed by atoms with Crippen molar-refractivity contribution in [1.82, 2.24) is 9.72 Å². The summed E-state index contributed by atoms with van der Waals surface area (Å²) in [6.07, 6.45) is 2.77. The first-order chi connectivity index (χ1) is 11.1. The standard InChI is InChI=1S/C17H17N3O2S/c1-4-8-20-14-7-6-12(5-2)10-15(14)23-17(20)18-16(21)13-9-11(3)22-19-13/h4,6-7,9-10H,1,5,8H2,2-3H3. The van der Waals surface area contributed by atoms with Crippen LogP contribution < -0.4 is 4.80 Å². The maximum Gasteiger partial charge on any atom is 0.301 e. The van der Waals surface area contributed by atoms with Crippen molar-refractivity contribution in [2.24, 2.45) is 4.99 Å². The average molecular weight is 327 g/mol.